The molecule has 0 aliphatic carbocycles. The van der Waals surface area contributed by atoms with Crippen LogP contribution < -0.4 is 11.1 Å². The predicted octanol–water partition coefficient (Wildman–Crippen LogP) is 1.55. The van der Waals surface area contributed by atoms with Crippen molar-refractivity contribution >= 4 is 17.2 Å². The van der Waals surface area contributed by atoms with Crippen molar-refractivity contribution < 1.29 is 4.92 Å². The molecule has 0 spiro atoms. The van der Waals surface area contributed by atoms with Gasteiger partial charge in [-0.1, -0.05) is 13.8 Å². The Bertz CT molecular complexity index is 523. The molecule has 0 amide bonds. The summed E-state index contributed by atoms with van der Waals surface area (Å²) in [5, 5.41) is 14.0. The Balaban J connectivity index is 2.33. The predicted molar refractivity (Wildman–Crippen MR) is 70.7 cm³/mol. The molecule has 0 saturated heterocycles. The molecular weight excluding hydrogens is 232 g/mol. The van der Waals surface area contributed by atoms with E-state index >= 15 is 0 Å². The summed E-state index contributed by atoms with van der Waals surface area (Å²) in [5.41, 5.74) is 6.46. The number of nitrogens with one attached hydrogen (secondary N) is 1. The molecule has 96 valence electrons. The highest BCUT2D eigenvalue weighted by molar-refractivity contribution is 6.00. The summed E-state index contributed by atoms with van der Waals surface area (Å²) in [7, 11) is 0. The van der Waals surface area contributed by atoms with E-state index in [0.29, 0.717) is 17.9 Å². The van der Waals surface area contributed by atoms with Gasteiger partial charge in [0, 0.05) is 30.1 Å². The molecule has 0 fully saturated rings. The van der Waals surface area contributed by atoms with Gasteiger partial charge in [-0.3, -0.25) is 15.1 Å². The summed E-state index contributed by atoms with van der Waals surface area (Å²) in [6, 6.07) is 4.74. The van der Waals surface area contributed by atoms with Crippen molar-refractivity contribution in [3.8, 4) is 0 Å². The second-order valence-electron chi connectivity index (χ2n) is 5.21. The molecular formula is C12H16N4O2. The first-order valence-corrected chi connectivity index (χ1v) is 5.72. The lowest BCUT2D eigenvalue weighted by Crippen LogP contribution is -2.41. The topological polar surface area (TPSA) is 93.5 Å². The van der Waals surface area contributed by atoms with Crippen LogP contribution in [0.3, 0.4) is 0 Å². The van der Waals surface area contributed by atoms with Crippen molar-refractivity contribution in [3.05, 3.63) is 33.9 Å². The van der Waals surface area contributed by atoms with Crippen molar-refractivity contribution in [2.45, 2.75) is 13.8 Å². The van der Waals surface area contributed by atoms with E-state index in [1.54, 1.807) is 6.07 Å². The van der Waals surface area contributed by atoms with Crippen molar-refractivity contribution in [1.29, 1.82) is 0 Å². The third kappa shape index (κ3) is 2.42. The van der Waals surface area contributed by atoms with Crippen LogP contribution in [-0.4, -0.2) is 23.8 Å². The zero-order valence-corrected chi connectivity index (χ0v) is 10.4. The number of nitrogen functional groups attached to an aromatic ring is 1. The average Bonchev–Trinajstić information content (AvgIpc) is 2.30. The highest BCUT2D eigenvalue weighted by Crippen LogP contribution is 2.24. The number of anilines is 1. The molecule has 1 aliphatic rings. The number of rotatable bonds is 2. The molecule has 0 bridgehead atoms. The molecule has 1 aliphatic heterocycles. The number of aliphatic imine (C=N–C) groups is 1. The Kier molecular flexibility index (Phi) is 2.94. The van der Waals surface area contributed by atoms with Gasteiger partial charge in [0.1, 0.15) is 11.5 Å². The van der Waals surface area contributed by atoms with Crippen LogP contribution in [-0.2, 0) is 0 Å². The molecule has 6 nitrogen and oxygen atoms in total. The van der Waals surface area contributed by atoms with E-state index in [-0.39, 0.29) is 16.8 Å². The fourth-order valence-electron chi connectivity index (χ4n) is 1.77. The second-order valence-corrected chi connectivity index (χ2v) is 5.21. The van der Waals surface area contributed by atoms with Crippen LogP contribution in [0.15, 0.2) is 23.2 Å². The Hall–Kier alpha value is -2.11. The normalized spacial score (nSPS) is 17.8. The van der Waals surface area contributed by atoms with E-state index in [2.05, 4.69) is 24.2 Å². The first kappa shape index (κ1) is 12.3. The van der Waals surface area contributed by atoms with Crippen molar-refractivity contribution in [2.24, 2.45) is 10.4 Å². The minimum Gasteiger partial charge on any atom is -0.393 e. The first-order valence-electron chi connectivity index (χ1n) is 5.72. The van der Waals surface area contributed by atoms with Crippen LogP contribution >= 0.6 is 0 Å². The SMILES string of the molecule is CC1(C)CN=C(c2ccc(N)c([N+](=O)[O-])c2)NC1. The van der Waals surface area contributed by atoms with Crippen LogP contribution in [0.25, 0.3) is 0 Å². The number of nitro benzene ring substituents is 1. The minimum atomic E-state index is -0.480. The average molecular weight is 248 g/mol. The maximum atomic E-state index is 10.8. The summed E-state index contributed by atoms with van der Waals surface area (Å²) in [4.78, 5) is 14.8. The Morgan fingerprint density at radius 2 is 2.22 bits per heavy atom. The molecule has 18 heavy (non-hydrogen) atoms. The summed E-state index contributed by atoms with van der Waals surface area (Å²) in [6.07, 6.45) is 0. The van der Waals surface area contributed by atoms with Crippen LogP contribution in [0.1, 0.15) is 19.4 Å². The van der Waals surface area contributed by atoms with E-state index in [9.17, 15) is 10.1 Å². The van der Waals surface area contributed by atoms with Gasteiger partial charge in [-0.2, -0.15) is 0 Å². The van der Waals surface area contributed by atoms with Gasteiger partial charge < -0.3 is 11.1 Å². The van der Waals surface area contributed by atoms with E-state index in [4.69, 9.17) is 5.73 Å². The second kappa shape index (κ2) is 4.29. The van der Waals surface area contributed by atoms with Gasteiger partial charge >= 0.3 is 0 Å². The molecule has 0 saturated carbocycles. The summed E-state index contributed by atoms with van der Waals surface area (Å²) in [5.74, 6) is 0.692. The van der Waals surface area contributed by atoms with E-state index in [1.807, 2.05) is 0 Å². The molecule has 0 atom stereocenters. The molecule has 6 heteroatoms. The Morgan fingerprint density at radius 1 is 1.50 bits per heavy atom. The van der Waals surface area contributed by atoms with Gasteiger partial charge in [0.25, 0.3) is 5.69 Å². The third-order valence-electron chi connectivity index (χ3n) is 2.90. The van der Waals surface area contributed by atoms with E-state index in [0.717, 1.165) is 6.54 Å². The van der Waals surface area contributed by atoms with Gasteiger partial charge in [0.2, 0.25) is 0 Å². The summed E-state index contributed by atoms with van der Waals surface area (Å²) < 4.78 is 0. The van der Waals surface area contributed by atoms with Crippen molar-refractivity contribution in [2.75, 3.05) is 18.8 Å². The van der Waals surface area contributed by atoms with Crippen LogP contribution in [0.4, 0.5) is 11.4 Å². The van der Waals surface area contributed by atoms with Crippen LogP contribution in [0, 0.1) is 15.5 Å². The highest BCUT2D eigenvalue weighted by Gasteiger charge is 2.23. The highest BCUT2D eigenvalue weighted by atomic mass is 16.6. The number of nitrogens with two attached hydrogens (primary N) is 1. The zero-order valence-electron chi connectivity index (χ0n) is 10.4. The quantitative estimate of drug-likeness (QED) is 0.471. The molecule has 0 aromatic heterocycles. The molecule has 1 aromatic carbocycles. The maximum absolute atomic E-state index is 10.8. The third-order valence-corrected chi connectivity index (χ3v) is 2.90. The van der Waals surface area contributed by atoms with Crippen LogP contribution in [0.5, 0.6) is 0 Å². The first-order chi connectivity index (χ1) is 8.39. The Labute approximate surface area is 105 Å². The fraction of sp³-hybridized carbons (Fsp3) is 0.417. The van der Waals surface area contributed by atoms with Crippen LogP contribution in [0.2, 0.25) is 0 Å². The van der Waals surface area contributed by atoms with Crippen molar-refractivity contribution in [3.63, 3.8) is 0 Å². The summed E-state index contributed by atoms with van der Waals surface area (Å²) >= 11 is 0. The largest absolute Gasteiger partial charge is 0.393 e. The molecule has 0 unspecified atom stereocenters. The van der Waals surface area contributed by atoms with Gasteiger partial charge in [-0.15, -0.1) is 0 Å². The number of hydrogen-bond donors (Lipinski definition) is 2. The lowest BCUT2D eigenvalue weighted by Gasteiger charge is -2.29. The molecule has 1 heterocycles. The number of amidine groups is 1. The van der Waals surface area contributed by atoms with Gasteiger partial charge in [0.15, 0.2) is 0 Å². The lowest BCUT2D eigenvalue weighted by atomic mass is 9.92. The monoisotopic (exact) mass is 248 g/mol. The molecule has 2 rings (SSSR count). The standard InChI is InChI=1S/C12H16N4O2/c1-12(2)6-14-11(15-7-12)8-3-4-9(13)10(5-8)16(17)18/h3-5H,6-7,13H2,1-2H3,(H,14,15). The molecule has 3 N–H and O–H groups in total. The number of nitro groups is 1. The Morgan fingerprint density at radius 3 is 2.78 bits per heavy atom. The molecule has 1 aromatic rings. The number of benzene rings is 1. The summed E-state index contributed by atoms with van der Waals surface area (Å²) in [6.45, 7) is 5.73. The smallest absolute Gasteiger partial charge is 0.292 e. The molecule has 0 radical (unpaired) electrons. The minimum absolute atomic E-state index is 0.0816. The van der Waals surface area contributed by atoms with Gasteiger partial charge in [0.05, 0.1) is 4.92 Å². The zero-order chi connectivity index (χ0) is 13.3. The van der Waals surface area contributed by atoms with Crippen molar-refractivity contribution in [1.82, 2.24) is 5.32 Å². The van der Waals surface area contributed by atoms with Gasteiger partial charge in [-0.05, 0) is 12.1 Å². The maximum Gasteiger partial charge on any atom is 0.292 e. The number of hydrogen-bond acceptors (Lipinski definition) is 5. The van der Waals surface area contributed by atoms with E-state index < -0.39 is 4.92 Å². The fourth-order valence-corrected chi connectivity index (χ4v) is 1.77. The van der Waals surface area contributed by atoms with E-state index in [1.165, 1.54) is 12.1 Å². The lowest BCUT2D eigenvalue weighted by molar-refractivity contribution is -0.383. The van der Waals surface area contributed by atoms with Gasteiger partial charge in [-0.25, -0.2) is 0 Å². The number of nitrogens with zero attached hydrogens (tertiary/aromatic N) is 2.